The molecule has 2 heterocycles. The van der Waals surface area contributed by atoms with Crippen molar-refractivity contribution in [2.45, 2.75) is 26.3 Å². The van der Waals surface area contributed by atoms with Crippen LogP contribution < -0.4 is 9.80 Å². The van der Waals surface area contributed by atoms with Gasteiger partial charge < -0.3 is 9.64 Å². The summed E-state index contributed by atoms with van der Waals surface area (Å²) in [6.07, 6.45) is 0.307. The van der Waals surface area contributed by atoms with Crippen LogP contribution in [0.1, 0.15) is 17.5 Å². The van der Waals surface area contributed by atoms with Crippen LogP contribution in [0.4, 0.5) is 5.69 Å². The molecular weight excluding hydrogens is 268 g/mol. The Hall–Kier alpha value is -1.72. The van der Waals surface area contributed by atoms with Gasteiger partial charge in [-0.3, -0.25) is 9.59 Å². The van der Waals surface area contributed by atoms with E-state index in [2.05, 4.69) is 0 Å². The van der Waals surface area contributed by atoms with E-state index in [1.54, 1.807) is 0 Å². The first kappa shape index (κ1) is 14.2. The Labute approximate surface area is 124 Å². The number of aryl methyl sites for hydroxylation is 2. The number of hydrogen-bond donors (Lipinski definition) is 1. The molecule has 0 spiro atoms. The molecule has 0 saturated carbocycles. The van der Waals surface area contributed by atoms with E-state index in [1.807, 2.05) is 32.0 Å². The Morgan fingerprint density at radius 1 is 1.10 bits per heavy atom. The maximum atomic E-state index is 12.7. The lowest BCUT2D eigenvalue weighted by molar-refractivity contribution is -0.922. The van der Waals surface area contributed by atoms with Gasteiger partial charge in [0.25, 0.3) is 5.91 Å². The third-order valence-electron chi connectivity index (χ3n) is 4.24. The monoisotopic (exact) mass is 289 g/mol. The zero-order chi connectivity index (χ0) is 15.0. The Bertz CT molecular complexity index is 559. The van der Waals surface area contributed by atoms with Crippen molar-refractivity contribution in [3.05, 3.63) is 29.3 Å². The van der Waals surface area contributed by atoms with Crippen LogP contribution in [-0.2, 0) is 14.3 Å². The summed E-state index contributed by atoms with van der Waals surface area (Å²) >= 11 is 0. The molecule has 0 bridgehead atoms. The fraction of sp³-hybridized carbons (Fsp3) is 0.500. The highest BCUT2D eigenvalue weighted by atomic mass is 16.5. The molecule has 21 heavy (non-hydrogen) atoms. The number of benzene rings is 1. The maximum Gasteiger partial charge on any atom is 0.292 e. The molecular formula is C16H21N2O3+. The number of rotatable bonds is 2. The van der Waals surface area contributed by atoms with Crippen LogP contribution in [0.2, 0.25) is 0 Å². The van der Waals surface area contributed by atoms with E-state index in [4.69, 9.17) is 4.74 Å². The van der Waals surface area contributed by atoms with Gasteiger partial charge in [0.05, 0.1) is 25.3 Å². The van der Waals surface area contributed by atoms with Crippen LogP contribution >= 0.6 is 0 Å². The molecule has 2 amide bonds. The van der Waals surface area contributed by atoms with E-state index in [9.17, 15) is 9.59 Å². The van der Waals surface area contributed by atoms with Crippen molar-refractivity contribution in [2.24, 2.45) is 0 Å². The predicted octanol–water partition coefficient (Wildman–Crippen LogP) is -0.150. The first-order chi connectivity index (χ1) is 10.1. The Balaban J connectivity index is 1.86. The molecule has 5 nitrogen and oxygen atoms in total. The van der Waals surface area contributed by atoms with Gasteiger partial charge >= 0.3 is 0 Å². The minimum atomic E-state index is -0.248. The minimum absolute atomic E-state index is 0.0677. The Morgan fingerprint density at radius 2 is 1.71 bits per heavy atom. The first-order valence-corrected chi connectivity index (χ1v) is 7.43. The number of quaternary nitrogens is 1. The average Bonchev–Trinajstić information content (AvgIpc) is 2.74. The second-order valence-corrected chi connectivity index (χ2v) is 5.94. The van der Waals surface area contributed by atoms with Gasteiger partial charge in [0.2, 0.25) is 5.91 Å². The summed E-state index contributed by atoms with van der Waals surface area (Å²) in [6.45, 7) is 6.88. The zero-order valence-corrected chi connectivity index (χ0v) is 12.5. The summed E-state index contributed by atoms with van der Waals surface area (Å²) in [4.78, 5) is 27.5. The molecule has 0 aromatic heterocycles. The number of ether oxygens (including phenoxy) is 1. The number of carbonyl (C=O) groups excluding carboxylic acids is 2. The van der Waals surface area contributed by atoms with Crippen molar-refractivity contribution in [1.29, 1.82) is 0 Å². The highest BCUT2D eigenvalue weighted by Gasteiger charge is 2.46. The van der Waals surface area contributed by atoms with Gasteiger partial charge in [0.15, 0.2) is 6.04 Å². The number of imide groups is 1. The number of carbonyl (C=O) groups is 2. The minimum Gasteiger partial charge on any atom is -0.370 e. The summed E-state index contributed by atoms with van der Waals surface area (Å²) in [5, 5.41) is 0. The SMILES string of the molecule is Cc1cc(C)cc(N2C(=O)C[C@H]([NH+]3CCOCC3)C2=O)c1. The molecule has 112 valence electrons. The molecule has 0 aliphatic carbocycles. The molecule has 2 aliphatic heterocycles. The second-order valence-electron chi connectivity index (χ2n) is 5.94. The summed E-state index contributed by atoms with van der Waals surface area (Å²) < 4.78 is 5.33. The third kappa shape index (κ3) is 2.71. The van der Waals surface area contributed by atoms with Crippen molar-refractivity contribution >= 4 is 17.5 Å². The molecule has 0 unspecified atom stereocenters. The fourth-order valence-electron chi connectivity index (χ4n) is 3.28. The highest BCUT2D eigenvalue weighted by molar-refractivity contribution is 6.21. The molecule has 3 rings (SSSR count). The summed E-state index contributed by atoms with van der Waals surface area (Å²) in [7, 11) is 0. The highest BCUT2D eigenvalue weighted by Crippen LogP contribution is 2.24. The first-order valence-electron chi connectivity index (χ1n) is 7.43. The summed E-state index contributed by atoms with van der Waals surface area (Å²) in [6, 6.07) is 5.60. The summed E-state index contributed by atoms with van der Waals surface area (Å²) in [5.41, 5.74) is 2.83. The number of morpholine rings is 1. The second kappa shape index (κ2) is 5.58. The van der Waals surface area contributed by atoms with Gasteiger partial charge in [0.1, 0.15) is 13.1 Å². The van der Waals surface area contributed by atoms with Crippen LogP contribution in [0.5, 0.6) is 0 Å². The Morgan fingerprint density at radius 3 is 2.33 bits per heavy atom. The van der Waals surface area contributed by atoms with Gasteiger partial charge in [-0.05, 0) is 37.1 Å². The van der Waals surface area contributed by atoms with Crippen LogP contribution in [0.25, 0.3) is 0 Å². The van der Waals surface area contributed by atoms with E-state index in [1.165, 1.54) is 9.80 Å². The van der Waals surface area contributed by atoms with Gasteiger partial charge in [-0.15, -0.1) is 0 Å². The molecule has 5 heteroatoms. The number of anilines is 1. The molecule has 2 aliphatic rings. The average molecular weight is 289 g/mol. The van der Waals surface area contributed by atoms with Crippen LogP contribution in [0.3, 0.4) is 0 Å². The van der Waals surface area contributed by atoms with Gasteiger partial charge in [0, 0.05) is 0 Å². The fourth-order valence-corrected chi connectivity index (χ4v) is 3.28. The van der Waals surface area contributed by atoms with Crippen molar-refractivity contribution in [3.63, 3.8) is 0 Å². The summed E-state index contributed by atoms with van der Waals surface area (Å²) in [5.74, 6) is -0.157. The van der Waals surface area contributed by atoms with Crippen LogP contribution in [0.15, 0.2) is 18.2 Å². The van der Waals surface area contributed by atoms with E-state index >= 15 is 0 Å². The molecule has 2 saturated heterocycles. The molecule has 0 radical (unpaired) electrons. The van der Waals surface area contributed by atoms with Crippen LogP contribution in [-0.4, -0.2) is 44.2 Å². The van der Waals surface area contributed by atoms with E-state index in [0.717, 1.165) is 24.2 Å². The lowest BCUT2D eigenvalue weighted by atomic mass is 10.1. The standard InChI is InChI=1S/C16H20N2O3/c1-11-7-12(2)9-13(8-11)18-15(19)10-14(16(18)20)17-3-5-21-6-4-17/h7-9,14H,3-6,10H2,1-2H3/p+1/t14-/m0/s1. The number of nitrogens with zero attached hydrogens (tertiary/aromatic N) is 1. The van der Waals surface area contributed by atoms with Crippen molar-refractivity contribution in [1.82, 2.24) is 0 Å². The van der Waals surface area contributed by atoms with E-state index in [0.29, 0.717) is 25.3 Å². The van der Waals surface area contributed by atoms with Crippen molar-refractivity contribution in [2.75, 3.05) is 31.2 Å². The van der Waals surface area contributed by atoms with Crippen LogP contribution in [0, 0.1) is 13.8 Å². The zero-order valence-electron chi connectivity index (χ0n) is 12.5. The molecule has 1 N–H and O–H groups in total. The van der Waals surface area contributed by atoms with E-state index in [-0.39, 0.29) is 17.9 Å². The van der Waals surface area contributed by atoms with Gasteiger partial charge in [-0.1, -0.05) is 6.07 Å². The third-order valence-corrected chi connectivity index (χ3v) is 4.24. The quantitative estimate of drug-likeness (QED) is 0.771. The van der Waals surface area contributed by atoms with Crippen molar-refractivity contribution < 1.29 is 19.2 Å². The normalized spacial score (nSPS) is 23.9. The smallest absolute Gasteiger partial charge is 0.292 e. The number of nitrogens with one attached hydrogen (secondary N) is 1. The molecule has 1 aromatic rings. The van der Waals surface area contributed by atoms with Gasteiger partial charge in [-0.25, -0.2) is 4.90 Å². The number of amides is 2. The maximum absolute atomic E-state index is 12.7. The number of hydrogen-bond acceptors (Lipinski definition) is 3. The predicted molar refractivity (Wildman–Crippen MR) is 78.3 cm³/mol. The van der Waals surface area contributed by atoms with Gasteiger partial charge in [-0.2, -0.15) is 0 Å². The molecule has 1 aromatic carbocycles. The molecule has 2 fully saturated rings. The largest absolute Gasteiger partial charge is 0.370 e. The molecule has 1 atom stereocenters. The van der Waals surface area contributed by atoms with E-state index < -0.39 is 0 Å². The van der Waals surface area contributed by atoms with Crippen molar-refractivity contribution in [3.8, 4) is 0 Å². The lowest BCUT2D eigenvalue weighted by Crippen LogP contribution is -3.18. The topological polar surface area (TPSA) is 51.1 Å². The Kier molecular flexibility index (Phi) is 3.78. The lowest BCUT2D eigenvalue weighted by Gasteiger charge is -2.27.